The SMILES string of the molecule is COc1ccccc1NC(=O)[C@H](C)OC(=O)COc1ccccc1[N+](=O)[O-]. The zero-order chi connectivity index (χ0) is 19.8. The predicted molar refractivity (Wildman–Crippen MR) is 95.8 cm³/mol. The van der Waals surface area contributed by atoms with Gasteiger partial charge in [-0.2, -0.15) is 0 Å². The van der Waals surface area contributed by atoms with Crippen molar-refractivity contribution < 1.29 is 28.7 Å². The molecule has 1 N–H and O–H groups in total. The van der Waals surface area contributed by atoms with Gasteiger partial charge in [-0.1, -0.05) is 24.3 Å². The van der Waals surface area contributed by atoms with E-state index in [2.05, 4.69) is 5.32 Å². The number of ether oxygens (including phenoxy) is 3. The van der Waals surface area contributed by atoms with E-state index in [-0.39, 0.29) is 11.4 Å². The van der Waals surface area contributed by atoms with Crippen LogP contribution in [-0.4, -0.2) is 36.6 Å². The number of benzene rings is 2. The van der Waals surface area contributed by atoms with Gasteiger partial charge in [0.2, 0.25) is 0 Å². The third-order valence-corrected chi connectivity index (χ3v) is 3.45. The maximum absolute atomic E-state index is 12.2. The van der Waals surface area contributed by atoms with Crippen LogP contribution in [0.2, 0.25) is 0 Å². The molecular formula is C18H18N2O7. The molecule has 0 aromatic heterocycles. The number of anilines is 1. The van der Waals surface area contributed by atoms with Gasteiger partial charge in [0, 0.05) is 6.07 Å². The highest BCUT2D eigenvalue weighted by Crippen LogP contribution is 2.26. The van der Waals surface area contributed by atoms with Crippen LogP contribution in [0, 0.1) is 10.1 Å². The molecular weight excluding hydrogens is 356 g/mol. The Morgan fingerprint density at radius 3 is 2.41 bits per heavy atom. The van der Waals surface area contributed by atoms with Gasteiger partial charge in [-0.15, -0.1) is 0 Å². The number of rotatable bonds is 8. The largest absolute Gasteiger partial charge is 0.495 e. The third kappa shape index (κ3) is 5.43. The predicted octanol–water partition coefficient (Wildman–Crippen LogP) is 2.55. The average Bonchev–Trinajstić information content (AvgIpc) is 2.66. The second-order valence-electron chi connectivity index (χ2n) is 5.34. The van der Waals surface area contributed by atoms with Crippen LogP contribution in [0.3, 0.4) is 0 Å². The Kier molecular flexibility index (Phi) is 6.70. The van der Waals surface area contributed by atoms with Crippen LogP contribution < -0.4 is 14.8 Å². The van der Waals surface area contributed by atoms with Gasteiger partial charge in [0.1, 0.15) is 5.75 Å². The molecule has 0 aliphatic carbocycles. The zero-order valence-electron chi connectivity index (χ0n) is 14.7. The van der Waals surface area contributed by atoms with Crippen molar-refractivity contribution in [3.63, 3.8) is 0 Å². The second-order valence-corrected chi connectivity index (χ2v) is 5.34. The lowest BCUT2D eigenvalue weighted by molar-refractivity contribution is -0.385. The van der Waals surface area contributed by atoms with Crippen LogP contribution in [-0.2, 0) is 14.3 Å². The molecule has 1 atom stereocenters. The quantitative estimate of drug-likeness (QED) is 0.429. The molecule has 142 valence electrons. The molecule has 0 heterocycles. The van der Waals surface area contributed by atoms with Gasteiger partial charge in [-0.25, -0.2) is 4.79 Å². The molecule has 0 spiro atoms. The van der Waals surface area contributed by atoms with Crippen LogP contribution >= 0.6 is 0 Å². The molecule has 2 rings (SSSR count). The van der Waals surface area contributed by atoms with Crippen molar-refractivity contribution in [1.29, 1.82) is 0 Å². The van der Waals surface area contributed by atoms with E-state index in [4.69, 9.17) is 14.2 Å². The number of carbonyl (C=O) groups is 2. The molecule has 2 aromatic carbocycles. The minimum Gasteiger partial charge on any atom is -0.495 e. The highest BCUT2D eigenvalue weighted by molar-refractivity contribution is 5.96. The number of nitro benzene ring substituents is 1. The van der Waals surface area contributed by atoms with Crippen LogP contribution in [0.5, 0.6) is 11.5 Å². The van der Waals surface area contributed by atoms with E-state index in [1.165, 1.54) is 38.3 Å². The number of hydrogen-bond donors (Lipinski definition) is 1. The van der Waals surface area contributed by atoms with Gasteiger partial charge in [0.15, 0.2) is 18.5 Å². The Morgan fingerprint density at radius 2 is 1.74 bits per heavy atom. The summed E-state index contributed by atoms with van der Waals surface area (Å²) in [6, 6.07) is 12.4. The van der Waals surface area contributed by atoms with Crippen LogP contribution in [0.4, 0.5) is 11.4 Å². The van der Waals surface area contributed by atoms with Gasteiger partial charge in [-0.05, 0) is 25.1 Å². The normalized spacial score (nSPS) is 11.2. The first-order chi connectivity index (χ1) is 12.9. The summed E-state index contributed by atoms with van der Waals surface area (Å²) in [5.41, 5.74) is 0.163. The number of nitrogens with one attached hydrogen (secondary N) is 1. The van der Waals surface area contributed by atoms with E-state index in [0.717, 1.165) is 0 Å². The Balaban J connectivity index is 1.90. The summed E-state index contributed by atoms with van der Waals surface area (Å²) in [4.78, 5) is 34.3. The first-order valence-electron chi connectivity index (χ1n) is 7.92. The number of methoxy groups -OCH3 is 1. The molecule has 0 radical (unpaired) electrons. The summed E-state index contributed by atoms with van der Waals surface area (Å²) < 4.78 is 15.2. The van der Waals surface area contributed by atoms with Gasteiger partial charge in [0.25, 0.3) is 5.91 Å². The summed E-state index contributed by atoms with van der Waals surface area (Å²) in [5, 5.41) is 13.5. The topological polar surface area (TPSA) is 117 Å². The zero-order valence-corrected chi connectivity index (χ0v) is 14.7. The maximum atomic E-state index is 12.2. The lowest BCUT2D eigenvalue weighted by Crippen LogP contribution is -2.31. The number of amides is 1. The number of hydrogen-bond acceptors (Lipinski definition) is 7. The molecule has 0 fully saturated rings. The van der Waals surface area contributed by atoms with E-state index >= 15 is 0 Å². The molecule has 2 aromatic rings. The van der Waals surface area contributed by atoms with Crippen molar-refractivity contribution in [3.8, 4) is 11.5 Å². The minimum absolute atomic E-state index is 0.0643. The van der Waals surface area contributed by atoms with Crippen molar-refractivity contribution in [2.24, 2.45) is 0 Å². The monoisotopic (exact) mass is 374 g/mol. The first kappa shape index (κ1) is 19.7. The summed E-state index contributed by atoms with van der Waals surface area (Å²) in [6.45, 7) is 0.824. The molecule has 0 aliphatic heterocycles. The summed E-state index contributed by atoms with van der Waals surface area (Å²) in [7, 11) is 1.47. The Morgan fingerprint density at radius 1 is 1.11 bits per heavy atom. The highest BCUT2D eigenvalue weighted by Gasteiger charge is 2.21. The van der Waals surface area contributed by atoms with E-state index in [9.17, 15) is 19.7 Å². The Labute approximate surface area is 155 Å². The minimum atomic E-state index is -1.10. The first-order valence-corrected chi connectivity index (χ1v) is 7.92. The van der Waals surface area contributed by atoms with Crippen molar-refractivity contribution >= 4 is 23.3 Å². The molecule has 0 bridgehead atoms. The molecule has 0 saturated heterocycles. The van der Waals surface area contributed by atoms with Crippen LogP contribution in [0.1, 0.15) is 6.92 Å². The summed E-state index contributed by atoms with van der Waals surface area (Å²) in [5.74, 6) is -0.996. The molecule has 27 heavy (non-hydrogen) atoms. The van der Waals surface area contributed by atoms with Crippen molar-refractivity contribution in [1.82, 2.24) is 0 Å². The van der Waals surface area contributed by atoms with Crippen molar-refractivity contribution in [2.75, 3.05) is 19.0 Å². The van der Waals surface area contributed by atoms with E-state index < -0.39 is 29.5 Å². The van der Waals surface area contributed by atoms with E-state index in [1.54, 1.807) is 24.3 Å². The number of nitro groups is 1. The molecule has 0 aliphatic rings. The summed E-state index contributed by atoms with van der Waals surface area (Å²) >= 11 is 0. The second kappa shape index (κ2) is 9.18. The van der Waals surface area contributed by atoms with Crippen LogP contribution in [0.25, 0.3) is 0 Å². The van der Waals surface area contributed by atoms with Crippen molar-refractivity contribution in [2.45, 2.75) is 13.0 Å². The number of esters is 1. The molecule has 0 unspecified atom stereocenters. The molecule has 9 heteroatoms. The van der Waals surface area contributed by atoms with Gasteiger partial charge in [0.05, 0.1) is 17.7 Å². The van der Waals surface area contributed by atoms with Gasteiger partial charge in [-0.3, -0.25) is 14.9 Å². The molecule has 0 saturated carbocycles. The fraction of sp³-hybridized carbons (Fsp3) is 0.222. The van der Waals surface area contributed by atoms with Gasteiger partial charge >= 0.3 is 11.7 Å². The standard InChI is InChI=1S/C18H18N2O7/c1-12(18(22)19-13-7-3-5-9-15(13)25-2)27-17(21)11-26-16-10-6-4-8-14(16)20(23)24/h3-10,12H,11H2,1-2H3,(H,19,22)/t12-/m0/s1. The van der Waals surface area contributed by atoms with Crippen LogP contribution in [0.15, 0.2) is 48.5 Å². The highest BCUT2D eigenvalue weighted by atomic mass is 16.6. The smallest absolute Gasteiger partial charge is 0.344 e. The number of para-hydroxylation sites is 4. The van der Waals surface area contributed by atoms with E-state index in [0.29, 0.717) is 11.4 Å². The lowest BCUT2D eigenvalue weighted by atomic mass is 10.2. The fourth-order valence-corrected chi connectivity index (χ4v) is 2.13. The van der Waals surface area contributed by atoms with Crippen molar-refractivity contribution in [3.05, 3.63) is 58.6 Å². The third-order valence-electron chi connectivity index (χ3n) is 3.45. The molecule has 9 nitrogen and oxygen atoms in total. The molecule has 1 amide bonds. The number of carbonyl (C=O) groups excluding carboxylic acids is 2. The Bertz CT molecular complexity index is 838. The Hall–Kier alpha value is -3.62. The van der Waals surface area contributed by atoms with Gasteiger partial charge < -0.3 is 19.5 Å². The maximum Gasteiger partial charge on any atom is 0.344 e. The summed E-state index contributed by atoms with van der Waals surface area (Å²) in [6.07, 6.45) is -1.10. The lowest BCUT2D eigenvalue weighted by Gasteiger charge is -2.15. The number of nitrogens with zero attached hydrogens (tertiary/aromatic N) is 1. The average molecular weight is 374 g/mol. The fourth-order valence-electron chi connectivity index (χ4n) is 2.13. The van der Waals surface area contributed by atoms with E-state index in [1.807, 2.05) is 0 Å².